The molecule has 1 atom stereocenters. The molecule has 0 bridgehead atoms. The molecule has 1 N–H and O–H groups in total. The summed E-state index contributed by atoms with van der Waals surface area (Å²) in [7, 11) is 0. The number of halogens is 1. The molecule has 5 heteroatoms. The first kappa shape index (κ1) is 14.0. The third-order valence-electron chi connectivity index (χ3n) is 3.77. The lowest BCUT2D eigenvalue weighted by molar-refractivity contribution is 0.0816. The number of aromatic nitrogens is 2. The van der Waals surface area contributed by atoms with Crippen LogP contribution in [-0.4, -0.2) is 39.0 Å². The molecule has 1 aliphatic rings. The summed E-state index contributed by atoms with van der Waals surface area (Å²) in [6.07, 6.45) is 3.57. The number of aliphatic hydroxyl groups is 1. The Morgan fingerprint density at radius 2 is 2.22 bits per heavy atom. The summed E-state index contributed by atoms with van der Waals surface area (Å²) in [6, 6.07) is 0.311. The van der Waals surface area contributed by atoms with Gasteiger partial charge in [0.25, 0.3) is 0 Å². The van der Waals surface area contributed by atoms with Crippen LogP contribution in [0.15, 0.2) is 4.47 Å². The molecule has 1 saturated heterocycles. The van der Waals surface area contributed by atoms with Gasteiger partial charge >= 0.3 is 0 Å². The molecule has 1 aromatic heterocycles. The number of aryl methyl sites for hydroxylation is 2. The third-order valence-corrected chi connectivity index (χ3v) is 4.80. The van der Waals surface area contributed by atoms with E-state index in [0.717, 1.165) is 36.2 Å². The van der Waals surface area contributed by atoms with Crippen molar-refractivity contribution in [3.8, 4) is 0 Å². The molecule has 2 heterocycles. The fourth-order valence-electron chi connectivity index (χ4n) is 2.69. The lowest BCUT2D eigenvalue weighted by Gasteiger charge is -2.34. The molecule has 1 aromatic rings. The molecular weight excluding hydrogens is 294 g/mol. The summed E-state index contributed by atoms with van der Waals surface area (Å²) in [4.78, 5) is 2.39. The highest BCUT2D eigenvalue weighted by Crippen LogP contribution is 2.25. The topological polar surface area (TPSA) is 41.3 Å². The van der Waals surface area contributed by atoms with Crippen LogP contribution >= 0.6 is 15.9 Å². The molecule has 4 nitrogen and oxygen atoms in total. The fourth-order valence-corrected chi connectivity index (χ4v) is 3.10. The molecule has 18 heavy (non-hydrogen) atoms. The van der Waals surface area contributed by atoms with Crippen LogP contribution in [0, 0.1) is 6.92 Å². The number of rotatable bonds is 4. The highest BCUT2D eigenvalue weighted by atomic mass is 79.9. The van der Waals surface area contributed by atoms with Gasteiger partial charge in [0.2, 0.25) is 0 Å². The van der Waals surface area contributed by atoms with E-state index in [2.05, 4.69) is 37.5 Å². The van der Waals surface area contributed by atoms with E-state index in [1.807, 2.05) is 6.92 Å². The summed E-state index contributed by atoms with van der Waals surface area (Å²) >= 11 is 3.64. The maximum Gasteiger partial charge on any atom is 0.0739 e. The summed E-state index contributed by atoms with van der Waals surface area (Å²) < 4.78 is 3.18. The van der Waals surface area contributed by atoms with E-state index in [1.165, 1.54) is 18.5 Å². The molecule has 0 radical (unpaired) electrons. The van der Waals surface area contributed by atoms with Gasteiger partial charge in [-0.15, -0.1) is 0 Å². The maximum absolute atomic E-state index is 9.46. The van der Waals surface area contributed by atoms with Gasteiger partial charge in [0.05, 0.1) is 22.5 Å². The van der Waals surface area contributed by atoms with Crippen molar-refractivity contribution in [3.05, 3.63) is 15.9 Å². The van der Waals surface area contributed by atoms with Crippen LogP contribution in [-0.2, 0) is 13.1 Å². The van der Waals surface area contributed by atoms with Crippen LogP contribution in [0.3, 0.4) is 0 Å². The number of nitrogens with zero attached hydrogens (tertiary/aromatic N) is 3. The SMILES string of the molecule is CCn1nc(C)c(Br)c1CN1CCCCC1CO. The lowest BCUT2D eigenvalue weighted by Crippen LogP contribution is -2.41. The number of piperidine rings is 1. The minimum absolute atomic E-state index is 0.261. The normalized spacial score (nSPS) is 21.4. The second kappa shape index (κ2) is 6.17. The highest BCUT2D eigenvalue weighted by molar-refractivity contribution is 9.10. The molecule has 0 saturated carbocycles. The molecule has 0 spiro atoms. The van der Waals surface area contributed by atoms with E-state index in [4.69, 9.17) is 0 Å². The zero-order chi connectivity index (χ0) is 13.1. The van der Waals surface area contributed by atoms with Gasteiger partial charge in [-0.25, -0.2) is 0 Å². The first-order valence-corrected chi connectivity index (χ1v) is 7.53. The van der Waals surface area contributed by atoms with Gasteiger partial charge in [0.1, 0.15) is 0 Å². The van der Waals surface area contributed by atoms with Crippen molar-refractivity contribution in [2.24, 2.45) is 0 Å². The van der Waals surface area contributed by atoms with Gasteiger partial charge in [-0.3, -0.25) is 9.58 Å². The van der Waals surface area contributed by atoms with Crippen LogP contribution in [0.5, 0.6) is 0 Å². The summed E-state index contributed by atoms with van der Waals surface area (Å²) in [5.74, 6) is 0. The lowest BCUT2D eigenvalue weighted by atomic mass is 10.0. The predicted octanol–water partition coefficient (Wildman–Crippen LogP) is 2.32. The van der Waals surface area contributed by atoms with E-state index >= 15 is 0 Å². The zero-order valence-corrected chi connectivity index (χ0v) is 12.8. The number of hydrogen-bond donors (Lipinski definition) is 1. The quantitative estimate of drug-likeness (QED) is 0.927. The van der Waals surface area contributed by atoms with Gasteiger partial charge in [-0.2, -0.15) is 5.10 Å². The Bertz CT molecular complexity index is 405. The number of likely N-dealkylation sites (tertiary alicyclic amines) is 1. The third kappa shape index (κ3) is 2.78. The summed E-state index contributed by atoms with van der Waals surface area (Å²) in [6.45, 7) is 7.24. The molecule has 1 fully saturated rings. The predicted molar refractivity (Wildman–Crippen MR) is 75.5 cm³/mol. The first-order chi connectivity index (χ1) is 8.67. The van der Waals surface area contributed by atoms with Crippen LogP contribution < -0.4 is 0 Å². The summed E-state index contributed by atoms with van der Waals surface area (Å²) in [5.41, 5.74) is 2.28. The average molecular weight is 316 g/mol. The highest BCUT2D eigenvalue weighted by Gasteiger charge is 2.24. The Hall–Kier alpha value is -0.390. The number of aliphatic hydroxyl groups excluding tert-OH is 1. The Labute approximate surface area is 117 Å². The van der Waals surface area contributed by atoms with Crippen molar-refractivity contribution >= 4 is 15.9 Å². The van der Waals surface area contributed by atoms with E-state index in [0.29, 0.717) is 6.04 Å². The molecule has 102 valence electrons. The van der Waals surface area contributed by atoms with Gasteiger partial charge in [0.15, 0.2) is 0 Å². The van der Waals surface area contributed by atoms with E-state index < -0.39 is 0 Å². The maximum atomic E-state index is 9.46. The minimum atomic E-state index is 0.261. The smallest absolute Gasteiger partial charge is 0.0739 e. The molecular formula is C13H22BrN3O. The molecule has 0 amide bonds. The minimum Gasteiger partial charge on any atom is -0.395 e. The van der Waals surface area contributed by atoms with Crippen molar-refractivity contribution in [1.29, 1.82) is 0 Å². The van der Waals surface area contributed by atoms with Crippen LogP contribution in [0.2, 0.25) is 0 Å². The Balaban J connectivity index is 2.17. The second-order valence-electron chi connectivity index (χ2n) is 4.96. The van der Waals surface area contributed by atoms with Crippen molar-refractivity contribution in [1.82, 2.24) is 14.7 Å². The van der Waals surface area contributed by atoms with Gasteiger partial charge in [-0.05, 0) is 49.2 Å². The van der Waals surface area contributed by atoms with Crippen molar-refractivity contribution in [2.75, 3.05) is 13.2 Å². The largest absolute Gasteiger partial charge is 0.395 e. The van der Waals surface area contributed by atoms with Crippen molar-refractivity contribution < 1.29 is 5.11 Å². The monoisotopic (exact) mass is 315 g/mol. The molecule has 1 aliphatic heterocycles. The van der Waals surface area contributed by atoms with E-state index in [-0.39, 0.29) is 6.61 Å². The first-order valence-electron chi connectivity index (χ1n) is 6.74. The summed E-state index contributed by atoms with van der Waals surface area (Å²) in [5, 5.41) is 14.0. The standard InChI is InChI=1S/C13H22BrN3O/c1-3-17-12(13(14)10(2)15-17)8-16-7-5-4-6-11(16)9-18/h11,18H,3-9H2,1-2H3. The van der Waals surface area contributed by atoms with E-state index in [9.17, 15) is 5.11 Å². The van der Waals surface area contributed by atoms with Crippen LogP contribution in [0.1, 0.15) is 37.6 Å². The zero-order valence-electron chi connectivity index (χ0n) is 11.2. The Morgan fingerprint density at radius 3 is 2.89 bits per heavy atom. The van der Waals surface area contributed by atoms with Crippen LogP contribution in [0.25, 0.3) is 0 Å². The average Bonchev–Trinajstić information content (AvgIpc) is 2.67. The molecule has 2 rings (SSSR count). The van der Waals surface area contributed by atoms with Gasteiger partial charge in [0, 0.05) is 19.1 Å². The van der Waals surface area contributed by atoms with Crippen molar-refractivity contribution in [3.63, 3.8) is 0 Å². The molecule has 0 aliphatic carbocycles. The Morgan fingerprint density at radius 1 is 1.44 bits per heavy atom. The fraction of sp³-hybridized carbons (Fsp3) is 0.769. The number of hydrogen-bond acceptors (Lipinski definition) is 3. The second-order valence-corrected chi connectivity index (χ2v) is 5.76. The Kier molecular flexibility index (Phi) is 4.81. The van der Waals surface area contributed by atoms with Gasteiger partial charge in [-0.1, -0.05) is 6.42 Å². The van der Waals surface area contributed by atoms with Crippen molar-refractivity contribution in [2.45, 2.75) is 52.2 Å². The molecule has 1 unspecified atom stereocenters. The molecule has 0 aromatic carbocycles. The van der Waals surface area contributed by atoms with Crippen LogP contribution in [0.4, 0.5) is 0 Å². The van der Waals surface area contributed by atoms with E-state index in [1.54, 1.807) is 0 Å². The van der Waals surface area contributed by atoms with Gasteiger partial charge < -0.3 is 5.11 Å².